The second-order valence-corrected chi connectivity index (χ2v) is 9.63. The molecule has 0 bridgehead atoms. The van der Waals surface area contributed by atoms with Crippen LogP contribution in [0, 0.1) is 52.4 Å². The third-order valence-electron chi connectivity index (χ3n) is 3.84. The van der Waals surface area contributed by atoms with Crippen LogP contribution >= 0.6 is 11.1 Å². The Hall–Kier alpha value is -2.19. The molecule has 2 aromatic rings. The van der Waals surface area contributed by atoms with Crippen LogP contribution in [0.25, 0.3) is 5.83 Å². The minimum absolute atomic E-state index is 0.841. The second kappa shape index (κ2) is 8.74. The number of hydrogen-bond donors (Lipinski definition) is 0. The van der Waals surface area contributed by atoms with Crippen LogP contribution in [0.3, 0.4) is 0 Å². The Labute approximate surface area is 170 Å². The van der Waals surface area contributed by atoms with Crippen molar-refractivity contribution in [3.63, 3.8) is 0 Å². The first-order valence-electron chi connectivity index (χ1n) is 7.66. The van der Waals surface area contributed by atoms with Crippen molar-refractivity contribution in [2.24, 2.45) is 0 Å². The van der Waals surface area contributed by atoms with Gasteiger partial charge in [-0.1, -0.05) is 0 Å². The molecule has 15 heteroatoms. The lowest BCUT2D eigenvalue weighted by atomic mass is 10.1. The summed E-state index contributed by atoms with van der Waals surface area (Å²) in [6.45, 7) is 0.125. The molecule has 170 valence electrons. The maximum absolute atomic E-state index is 14.5. The average Bonchev–Trinajstić information content (AvgIpc) is 2.69. The van der Waals surface area contributed by atoms with Crippen molar-refractivity contribution in [1.29, 1.82) is 0 Å². The maximum Gasteiger partial charge on any atom is 0.367 e. The summed E-state index contributed by atoms with van der Waals surface area (Å²) in [5.41, 5.74) is -2.53. The minimum atomic E-state index is -5.89. The van der Waals surface area contributed by atoms with Crippen LogP contribution in [0.15, 0.2) is 6.08 Å². The molecular weight excluding hydrogens is 500 g/mol. The molecule has 0 saturated heterocycles. The number of benzene rings is 2. The summed E-state index contributed by atoms with van der Waals surface area (Å²) in [6.07, 6.45) is -3.39. The van der Waals surface area contributed by atoms with Gasteiger partial charge in [0.2, 0.25) is 11.6 Å². The topological polar surface area (TPSA) is 9.23 Å². The molecule has 0 aliphatic carbocycles. The standard InChI is InChI=1S/C16H5ClF12OSi/c1-2-30-31(17,15-12(26)8(22)7(21)9(23)13(15)27)14-10(24)4(18)3(5(19)11(14)25)6(20)16(28)29/h2H2,1H3. The fourth-order valence-corrected chi connectivity index (χ4v) is 6.38. The van der Waals surface area contributed by atoms with Crippen LogP contribution in [-0.2, 0) is 4.43 Å². The summed E-state index contributed by atoms with van der Waals surface area (Å²) in [4.78, 5) is 0. The molecule has 0 saturated carbocycles. The highest BCUT2D eigenvalue weighted by molar-refractivity contribution is 7.30. The molecule has 0 fully saturated rings. The first kappa shape index (κ1) is 25.1. The molecular formula is C16H5ClF12OSi. The zero-order chi connectivity index (χ0) is 24.0. The molecule has 2 aromatic carbocycles. The van der Waals surface area contributed by atoms with E-state index < -0.39 is 94.4 Å². The minimum Gasteiger partial charge on any atom is -0.397 e. The van der Waals surface area contributed by atoms with E-state index in [1.807, 2.05) is 0 Å². The normalized spacial score (nSPS) is 13.4. The van der Waals surface area contributed by atoms with E-state index in [1.165, 1.54) is 0 Å². The molecule has 0 aromatic heterocycles. The highest BCUT2D eigenvalue weighted by Gasteiger charge is 2.51. The van der Waals surface area contributed by atoms with E-state index in [2.05, 4.69) is 4.43 Å². The summed E-state index contributed by atoms with van der Waals surface area (Å²) < 4.78 is 169. The van der Waals surface area contributed by atoms with Crippen molar-refractivity contribution in [3.05, 3.63) is 64.0 Å². The molecule has 2 rings (SSSR count). The maximum atomic E-state index is 14.5. The number of hydrogen-bond acceptors (Lipinski definition) is 1. The van der Waals surface area contributed by atoms with Crippen molar-refractivity contribution in [2.75, 3.05) is 6.61 Å². The summed E-state index contributed by atoms with van der Waals surface area (Å²) >= 11 is 5.76. The summed E-state index contributed by atoms with van der Waals surface area (Å²) in [7, 11) is -5.89. The molecule has 1 atom stereocenters. The molecule has 0 amide bonds. The zero-order valence-corrected chi connectivity index (χ0v) is 16.3. The van der Waals surface area contributed by atoms with Crippen molar-refractivity contribution >= 4 is 34.9 Å². The van der Waals surface area contributed by atoms with E-state index in [0.29, 0.717) is 0 Å². The van der Waals surface area contributed by atoms with Gasteiger partial charge in [-0.15, -0.1) is 11.1 Å². The Morgan fingerprint density at radius 2 is 0.968 bits per heavy atom. The monoisotopic (exact) mass is 504 g/mol. The summed E-state index contributed by atoms with van der Waals surface area (Å²) in [5, 5.41) is -4.32. The van der Waals surface area contributed by atoms with E-state index in [1.54, 1.807) is 0 Å². The molecule has 0 spiro atoms. The third kappa shape index (κ3) is 3.80. The van der Waals surface area contributed by atoms with Crippen molar-refractivity contribution < 1.29 is 57.1 Å². The SMILES string of the molecule is CCO[Si](Cl)(c1c(F)c(F)c(F)c(F)c1F)c1c(F)c(F)c(C(F)=C(F)F)c(F)c1F. The van der Waals surface area contributed by atoms with Gasteiger partial charge in [-0.05, 0) is 6.92 Å². The van der Waals surface area contributed by atoms with Gasteiger partial charge >= 0.3 is 13.7 Å². The van der Waals surface area contributed by atoms with Crippen molar-refractivity contribution in [2.45, 2.75) is 6.92 Å². The molecule has 0 aliphatic heterocycles. The Kier molecular flexibility index (Phi) is 7.07. The fraction of sp³-hybridized carbons (Fsp3) is 0.125. The van der Waals surface area contributed by atoms with Gasteiger partial charge in [-0.2, -0.15) is 8.78 Å². The smallest absolute Gasteiger partial charge is 0.367 e. The van der Waals surface area contributed by atoms with E-state index in [-0.39, 0.29) is 0 Å². The second-order valence-electron chi connectivity index (χ2n) is 5.55. The third-order valence-corrected chi connectivity index (χ3v) is 8.16. The lowest BCUT2D eigenvalue weighted by Crippen LogP contribution is -2.62. The van der Waals surface area contributed by atoms with Gasteiger partial charge in [0.1, 0.15) is 0 Å². The molecule has 31 heavy (non-hydrogen) atoms. The van der Waals surface area contributed by atoms with Crippen LogP contribution in [0.1, 0.15) is 12.5 Å². The molecule has 0 heterocycles. The molecule has 1 nitrogen and oxygen atoms in total. The van der Waals surface area contributed by atoms with Crippen molar-refractivity contribution in [3.8, 4) is 0 Å². The average molecular weight is 505 g/mol. The Balaban J connectivity index is 3.08. The highest BCUT2D eigenvalue weighted by atomic mass is 35.6. The predicted molar refractivity (Wildman–Crippen MR) is 85.3 cm³/mol. The van der Waals surface area contributed by atoms with E-state index in [0.717, 1.165) is 6.92 Å². The summed E-state index contributed by atoms with van der Waals surface area (Å²) in [6, 6.07) is 0. The van der Waals surface area contributed by atoms with Crippen molar-refractivity contribution in [1.82, 2.24) is 0 Å². The Morgan fingerprint density at radius 3 is 1.29 bits per heavy atom. The fourth-order valence-electron chi connectivity index (χ4n) is 2.56. The van der Waals surface area contributed by atoms with E-state index in [4.69, 9.17) is 11.1 Å². The number of halogens is 13. The van der Waals surface area contributed by atoms with Gasteiger partial charge < -0.3 is 4.43 Å². The van der Waals surface area contributed by atoms with Crippen LogP contribution in [0.2, 0.25) is 0 Å². The van der Waals surface area contributed by atoms with Gasteiger partial charge in [0.25, 0.3) is 0 Å². The van der Waals surface area contributed by atoms with Gasteiger partial charge in [-0.3, -0.25) is 0 Å². The zero-order valence-electron chi connectivity index (χ0n) is 14.5. The van der Waals surface area contributed by atoms with E-state index >= 15 is 0 Å². The first-order chi connectivity index (χ1) is 14.2. The molecule has 0 N–H and O–H groups in total. The largest absolute Gasteiger partial charge is 0.397 e. The Morgan fingerprint density at radius 1 is 0.645 bits per heavy atom. The van der Waals surface area contributed by atoms with Gasteiger partial charge in [0.05, 0.1) is 15.9 Å². The first-order valence-corrected chi connectivity index (χ1v) is 10.6. The van der Waals surface area contributed by atoms with Crippen LogP contribution in [0.5, 0.6) is 0 Å². The van der Waals surface area contributed by atoms with Crippen LogP contribution in [0.4, 0.5) is 52.7 Å². The van der Waals surface area contributed by atoms with Crippen LogP contribution < -0.4 is 10.4 Å². The van der Waals surface area contributed by atoms with Gasteiger partial charge in [-0.25, -0.2) is 43.9 Å². The molecule has 1 unspecified atom stereocenters. The van der Waals surface area contributed by atoms with Gasteiger partial charge in [0.15, 0.2) is 46.5 Å². The van der Waals surface area contributed by atoms with Crippen LogP contribution in [-0.4, -0.2) is 14.2 Å². The Bertz CT molecular complexity index is 1040. The number of rotatable bonds is 5. The quantitative estimate of drug-likeness (QED) is 0.176. The predicted octanol–water partition coefficient (Wildman–Crippen LogP) is 5.30. The lowest BCUT2D eigenvalue weighted by molar-refractivity contribution is 0.341. The highest BCUT2D eigenvalue weighted by Crippen LogP contribution is 2.32. The molecule has 0 aliphatic rings. The summed E-state index contributed by atoms with van der Waals surface area (Å²) in [5.74, 6) is -27.5. The van der Waals surface area contributed by atoms with E-state index in [9.17, 15) is 52.7 Å². The van der Waals surface area contributed by atoms with Gasteiger partial charge in [0, 0.05) is 6.61 Å². The molecule has 0 radical (unpaired) electrons. The lowest BCUT2D eigenvalue weighted by Gasteiger charge is -2.27.